The van der Waals surface area contributed by atoms with Crippen molar-refractivity contribution < 1.29 is 180 Å². The summed E-state index contributed by atoms with van der Waals surface area (Å²) in [7, 11) is -20.9. The van der Waals surface area contributed by atoms with Crippen molar-refractivity contribution in [3.8, 4) is 11.5 Å². The number of nitrogens with one attached hydrogen (secondary N) is 1. The van der Waals surface area contributed by atoms with Gasteiger partial charge in [-0.05, 0) is 120 Å². The van der Waals surface area contributed by atoms with Gasteiger partial charge >= 0.3 is 118 Å². The van der Waals surface area contributed by atoms with Gasteiger partial charge in [-0.1, -0.05) is 12.1 Å². The molecular formula is C44H31N13Na4O14S4. The summed E-state index contributed by atoms with van der Waals surface area (Å²) in [6.45, 7) is 0. The van der Waals surface area contributed by atoms with Crippen LogP contribution < -0.4 is 146 Å². The van der Waals surface area contributed by atoms with Crippen molar-refractivity contribution in [3.05, 3.63) is 121 Å². The maximum Gasteiger partial charge on any atom is 1.00 e. The van der Waals surface area contributed by atoms with Crippen molar-refractivity contribution in [3.63, 3.8) is 0 Å². The third kappa shape index (κ3) is 15.7. The van der Waals surface area contributed by atoms with Gasteiger partial charge in [0.25, 0.3) is 0 Å². The molecule has 0 aliphatic rings. The second kappa shape index (κ2) is 26.2. The molecule has 0 heterocycles. The molecule has 0 spiro atoms. The number of nitrogens with two attached hydrogens (primary N) is 4. The molecule has 8 aromatic carbocycles. The Bertz CT molecular complexity index is 4320. The molecule has 11 N–H and O–H groups in total. The first-order valence-electron chi connectivity index (χ1n) is 20.6. The van der Waals surface area contributed by atoms with E-state index in [1.165, 1.54) is 72.8 Å². The number of anilines is 6. The number of aromatic hydroxyl groups is 2. The fourth-order valence-corrected chi connectivity index (χ4v) is 9.56. The van der Waals surface area contributed by atoms with Crippen molar-refractivity contribution in [1.82, 2.24) is 0 Å². The summed E-state index contributed by atoms with van der Waals surface area (Å²) < 4.78 is 146. The van der Waals surface area contributed by atoms with Gasteiger partial charge in [0.15, 0.2) is 11.5 Å². The summed E-state index contributed by atoms with van der Waals surface area (Å²) in [6.07, 6.45) is 0. The van der Waals surface area contributed by atoms with E-state index in [9.17, 15) is 62.1 Å². The summed E-state index contributed by atoms with van der Waals surface area (Å²) in [5.74, 6) is -1.65. The molecule has 384 valence electrons. The van der Waals surface area contributed by atoms with Crippen molar-refractivity contribution in [2.24, 2.45) is 40.9 Å². The molecule has 0 saturated carbocycles. The maximum atomic E-state index is 12.5. The zero-order valence-electron chi connectivity index (χ0n) is 41.4. The Morgan fingerprint density at radius 2 is 0.797 bits per heavy atom. The van der Waals surface area contributed by atoms with Crippen molar-refractivity contribution >= 4 is 142 Å². The normalized spacial score (nSPS) is 12.2. The number of hydrogen-bond donors (Lipinski definition) is 7. The first-order chi connectivity index (χ1) is 35.1. The van der Waals surface area contributed by atoms with E-state index in [1.807, 2.05) is 0 Å². The van der Waals surface area contributed by atoms with Gasteiger partial charge in [-0.3, -0.25) is 0 Å². The van der Waals surface area contributed by atoms with E-state index in [4.69, 9.17) is 22.9 Å². The van der Waals surface area contributed by atoms with Crippen LogP contribution in [0.25, 0.3) is 21.5 Å². The molecular weight excluding hydrogens is 1150 g/mol. The minimum absolute atomic E-state index is 0. The van der Waals surface area contributed by atoms with Crippen molar-refractivity contribution in [2.75, 3.05) is 28.3 Å². The van der Waals surface area contributed by atoms with Crippen LogP contribution >= 0.6 is 0 Å². The van der Waals surface area contributed by atoms with E-state index in [0.29, 0.717) is 5.69 Å². The number of hydrogen-bond acceptors (Lipinski definition) is 27. The Morgan fingerprint density at radius 1 is 0.380 bits per heavy atom. The van der Waals surface area contributed by atoms with E-state index in [1.54, 1.807) is 6.07 Å². The molecule has 0 amide bonds. The number of nitrogen functional groups attached to an aromatic ring is 4. The van der Waals surface area contributed by atoms with E-state index < -0.39 is 88.6 Å². The largest absolute Gasteiger partial charge is 1.00 e. The van der Waals surface area contributed by atoms with E-state index in [2.05, 4.69) is 46.2 Å². The smallest absolute Gasteiger partial charge is 0.744 e. The van der Waals surface area contributed by atoms with Crippen molar-refractivity contribution in [2.45, 2.75) is 19.6 Å². The van der Waals surface area contributed by atoms with Gasteiger partial charge in [-0.25, -0.2) is 33.7 Å². The summed E-state index contributed by atoms with van der Waals surface area (Å²) in [4.78, 5) is -3.62. The fourth-order valence-electron chi connectivity index (χ4n) is 7.02. The van der Waals surface area contributed by atoms with Gasteiger partial charge < -0.3 is 56.7 Å². The number of azo groups is 4. The number of rotatable bonds is 14. The second-order valence-electron chi connectivity index (χ2n) is 15.7. The van der Waals surface area contributed by atoms with E-state index in [-0.39, 0.29) is 197 Å². The molecule has 8 rings (SSSR count). The van der Waals surface area contributed by atoms with Crippen LogP contribution in [0.4, 0.5) is 79.6 Å². The van der Waals surface area contributed by atoms with Crippen LogP contribution in [0.15, 0.2) is 182 Å². The quantitative estimate of drug-likeness (QED) is 0.0244. The van der Waals surface area contributed by atoms with Gasteiger partial charge in [0.2, 0.25) is 0 Å². The second-order valence-corrected chi connectivity index (χ2v) is 21.1. The van der Waals surface area contributed by atoms with Crippen molar-refractivity contribution in [1.29, 1.82) is 0 Å². The molecule has 27 nitrogen and oxygen atoms in total. The zero-order valence-corrected chi connectivity index (χ0v) is 52.6. The number of phenols is 2. The first kappa shape index (κ1) is 66.4. The average molecular weight is 1190 g/mol. The molecule has 0 aromatic heterocycles. The van der Waals surface area contributed by atoms with Crippen LogP contribution in [0.5, 0.6) is 11.5 Å². The van der Waals surface area contributed by atoms with Crippen LogP contribution in [-0.2, 0) is 40.5 Å². The van der Waals surface area contributed by atoms with Gasteiger partial charge in [0.1, 0.15) is 63.2 Å². The fraction of sp³-hybridized carbons (Fsp3) is 0. The summed E-state index contributed by atoms with van der Waals surface area (Å²) in [5.41, 5.74) is 21.2. The van der Waals surface area contributed by atoms with Crippen LogP contribution in [0.3, 0.4) is 0 Å². The molecule has 0 aliphatic heterocycles. The third-order valence-corrected chi connectivity index (χ3v) is 14.0. The standard InChI is InChI=1S/C44H35N13O14S4.4Na/c45-23-3-11-34(31(46)15-23)54-51-26-4-1-21-14-40(75(69,70)71)42(44(59)29(21)16-26)57-53-28-10-12-35(38(18-28)73(63,64)65)49-24-6-8-25(9-7-24)50-56-41-39(74(66,67)68)13-22-2-5-27(17-30(22)43(41)58)52-55-36-20-37(72(60,61)62)33(48)19-32(36)47;;;;/h1-20,49,58-59H,45-48H2,(H,60,61,62)(H,63,64,65)(H,66,67,68)(H,69,70,71);;;;/q;4*+1/p-4. The minimum atomic E-state index is -5.32. The molecule has 79 heavy (non-hydrogen) atoms. The van der Waals surface area contributed by atoms with Gasteiger partial charge in [0, 0.05) is 22.1 Å². The Kier molecular flexibility index (Phi) is 22.1. The van der Waals surface area contributed by atoms with Gasteiger partial charge in [0.05, 0.1) is 65.1 Å². The first-order valence-corrected chi connectivity index (χ1v) is 26.2. The summed E-state index contributed by atoms with van der Waals surface area (Å²) in [5, 5.41) is 56.5. The molecule has 0 radical (unpaired) electrons. The van der Waals surface area contributed by atoms with Gasteiger partial charge in [-0.15, -0.1) is 20.5 Å². The molecule has 0 aliphatic carbocycles. The van der Waals surface area contributed by atoms with E-state index >= 15 is 0 Å². The molecule has 0 bridgehead atoms. The number of fused-ring (bicyclic) bond motifs is 2. The molecule has 0 saturated heterocycles. The molecule has 0 atom stereocenters. The van der Waals surface area contributed by atoms with Crippen LogP contribution in [0.2, 0.25) is 0 Å². The SMILES string of the molecule is Nc1ccc(N=Nc2ccc3cc(S(=O)(=O)[O-])c(N=Nc4ccc(Nc5ccc(N=Nc6c(S(=O)(=O)[O-])cc7ccc(N=Nc8cc(S(=O)(=O)[O-])c(N)cc8N)cc7c6O)cc5)c(S(=O)(=O)[O-])c4)c(O)c3c2)c(N)c1.[Na+].[Na+].[Na+].[Na+]. The molecule has 0 unspecified atom stereocenters. The van der Waals surface area contributed by atoms with Gasteiger partial charge in [-0.2, -0.15) is 20.5 Å². The number of benzene rings is 8. The topological polar surface area (TPSA) is 484 Å². The Labute approximate surface area is 537 Å². The summed E-state index contributed by atoms with van der Waals surface area (Å²) in [6, 6.07) is 24.3. The Hall–Kier alpha value is -5.08. The van der Waals surface area contributed by atoms with Crippen LogP contribution in [0, 0.1) is 0 Å². The average Bonchev–Trinajstić information content (AvgIpc) is 3.33. The minimum Gasteiger partial charge on any atom is -0.744 e. The molecule has 0 fully saturated rings. The monoisotopic (exact) mass is 1190 g/mol. The summed E-state index contributed by atoms with van der Waals surface area (Å²) >= 11 is 0. The third-order valence-electron chi connectivity index (χ3n) is 10.5. The van der Waals surface area contributed by atoms with E-state index in [0.717, 1.165) is 42.5 Å². The van der Waals surface area contributed by atoms with Crippen LogP contribution in [0.1, 0.15) is 0 Å². The maximum absolute atomic E-state index is 12.5. The zero-order chi connectivity index (χ0) is 54.4. The predicted octanol–water partition coefficient (Wildman–Crippen LogP) is -3.23. The Morgan fingerprint density at radius 3 is 1.28 bits per heavy atom. The molecule has 35 heteroatoms. The number of nitrogens with zero attached hydrogens (tertiary/aromatic N) is 8. The predicted molar refractivity (Wildman–Crippen MR) is 266 cm³/mol. The number of phenolic OH excluding ortho intramolecular Hbond substituents is 2. The van der Waals surface area contributed by atoms with Crippen LogP contribution in [-0.4, -0.2) is 62.1 Å². The molecule has 8 aromatic rings. The Balaban J connectivity index is 0.00000336.